The van der Waals surface area contributed by atoms with E-state index in [1.54, 1.807) is 7.11 Å². The number of ether oxygens (including phenoxy) is 1. The largest absolute Gasteiger partial charge is 0.496 e. The van der Waals surface area contributed by atoms with Gasteiger partial charge in [0.2, 0.25) is 0 Å². The molecule has 1 aromatic carbocycles. The number of hydrogen-bond acceptors (Lipinski definition) is 2. The Morgan fingerprint density at radius 3 is 2.50 bits per heavy atom. The predicted octanol–water partition coefficient (Wildman–Crippen LogP) is 4.19. The minimum atomic E-state index is -0.274. The predicted molar refractivity (Wildman–Crippen MR) is 79.1 cm³/mol. The molecular weight excluding hydrogens is 292 g/mol. The average Bonchev–Trinajstić information content (AvgIpc) is 2.26. The van der Waals surface area contributed by atoms with Gasteiger partial charge >= 0.3 is 0 Å². The van der Waals surface area contributed by atoms with Crippen molar-refractivity contribution in [3.8, 4) is 5.75 Å². The Hall–Kier alpha value is -0.540. The van der Waals surface area contributed by atoms with Crippen LogP contribution in [0.2, 0.25) is 0 Å². The maximum atomic E-state index is 10.0. The first-order valence-corrected chi connectivity index (χ1v) is 7.11. The molecule has 0 saturated carbocycles. The number of benzene rings is 1. The Bertz CT molecular complexity index is 383. The van der Waals surface area contributed by atoms with E-state index in [1.807, 2.05) is 18.2 Å². The van der Waals surface area contributed by atoms with Gasteiger partial charge in [-0.05, 0) is 58.3 Å². The van der Waals surface area contributed by atoms with Crippen LogP contribution in [0.25, 0.3) is 0 Å². The lowest BCUT2D eigenvalue weighted by Crippen LogP contribution is -2.15. The van der Waals surface area contributed by atoms with Crippen molar-refractivity contribution in [3.05, 3.63) is 28.2 Å². The van der Waals surface area contributed by atoms with Crippen molar-refractivity contribution in [2.75, 3.05) is 7.11 Å². The number of rotatable bonds is 5. The summed E-state index contributed by atoms with van der Waals surface area (Å²) in [6, 6.07) is 5.94. The molecule has 1 aromatic rings. The Morgan fingerprint density at radius 2 is 2.00 bits per heavy atom. The van der Waals surface area contributed by atoms with Crippen LogP contribution >= 0.6 is 15.9 Å². The lowest BCUT2D eigenvalue weighted by Gasteiger charge is -2.20. The zero-order chi connectivity index (χ0) is 13.8. The lowest BCUT2D eigenvalue weighted by atomic mass is 9.88. The average molecular weight is 315 g/mol. The van der Waals surface area contributed by atoms with Crippen molar-refractivity contribution in [2.45, 2.75) is 46.1 Å². The van der Waals surface area contributed by atoms with Crippen molar-refractivity contribution < 1.29 is 9.84 Å². The Morgan fingerprint density at radius 1 is 1.33 bits per heavy atom. The molecule has 0 aromatic heterocycles. The van der Waals surface area contributed by atoms with E-state index in [9.17, 15) is 5.11 Å². The second-order valence-corrected chi connectivity index (χ2v) is 6.78. The van der Waals surface area contributed by atoms with Crippen LogP contribution in [-0.2, 0) is 6.42 Å². The molecule has 0 aliphatic heterocycles. The van der Waals surface area contributed by atoms with Gasteiger partial charge in [-0.3, -0.25) is 0 Å². The van der Waals surface area contributed by atoms with Crippen LogP contribution in [-0.4, -0.2) is 18.3 Å². The molecule has 0 aliphatic carbocycles. The van der Waals surface area contributed by atoms with Crippen LogP contribution in [0.4, 0.5) is 0 Å². The van der Waals surface area contributed by atoms with Crippen molar-refractivity contribution in [1.29, 1.82) is 0 Å². The molecule has 0 amide bonds. The highest BCUT2D eigenvalue weighted by molar-refractivity contribution is 9.10. The Balaban J connectivity index is 2.54. The van der Waals surface area contributed by atoms with E-state index < -0.39 is 0 Å². The maximum Gasteiger partial charge on any atom is 0.133 e. The second kappa shape index (κ2) is 6.58. The summed E-state index contributed by atoms with van der Waals surface area (Å²) in [4.78, 5) is 0. The van der Waals surface area contributed by atoms with Crippen molar-refractivity contribution in [2.24, 2.45) is 5.41 Å². The fourth-order valence-corrected chi connectivity index (χ4v) is 2.40. The molecule has 1 N–H and O–H groups in total. The molecule has 0 spiro atoms. The second-order valence-electron chi connectivity index (χ2n) is 5.93. The van der Waals surface area contributed by atoms with Crippen molar-refractivity contribution in [1.82, 2.24) is 0 Å². The van der Waals surface area contributed by atoms with E-state index in [2.05, 4.69) is 36.7 Å². The van der Waals surface area contributed by atoms with Gasteiger partial charge in [-0.1, -0.05) is 26.8 Å². The van der Waals surface area contributed by atoms with Gasteiger partial charge < -0.3 is 9.84 Å². The molecule has 1 unspecified atom stereocenters. The molecule has 2 nitrogen and oxygen atoms in total. The van der Waals surface area contributed by atoms with Gasteiger partial charge in [0.25, 0.3) is 0 Å². The molecule has 0 fully saturated rings. The summed E-state index contributed by atoms with van der Waals surface area (Å²) in [6.45, 7) is 6.59. The molecule has 102 valence electrons. The van der Waals surface area contributed by atoms with Gasteiger partial charge in [-0.2, -0.15) is 0 Å². The van der Waals surface area contributed by atoms with Gasteiger partial charge in [0, 0.05) is 0 Å². The van der Waals surface area contributed by atoms with Crippen molar-refractivity contribution >= 4 is 15.9 Å². The molecule has 0 radical (unpaired) electrons. The first-order chi connectivity index (χ1) is 8.31. The van der Waals surface area contributed by atoms with E-state index in [4.69, 9.17) is 4.74 Å². The third kappa shape index (κ3) is 5.40. The van der Waals surface area contributed by atoms with Gasteiger partial charge in [0.1, 0.15) is 5.75 Å². The lowest BCUT2D eigenvalue weighted by molar-refractivity contribution is 0.146. The molecule has 1 rings (SSSR count). The fraction of sp³-hybridized carbons (Fsp3) is 0.600. The number of hydrogen-bond donors (Lipinski definition) is 1. The Kier molecular flexibility index (Phi) is 5.67. The molecule has 1 atom stereocenters. The van der Waals surface area contributed by atoms with Crippen molar-refractivity contribution in [3.63, 3.8) is 0 Å². The van der Waals surface area contributed by atoms with Crippen LogP contribution in [0.5, 0.6) is 5.75 Å². The smallest absolute Gasteiger partial charge is 0.133 e. The van der Waals surface area contributed by atoms with E-state index in [0.29, 0.717) is 6.42 Å². The standard InChI is InChI=1S/C15H23BrO2/c1-15(2,3)8-7-12(17)9-11-5-6-14(18-4)13(16)10-11/h5-6,10,12,17H,7-9H2,1-4H3. The fourth-order valence-electron chi connectivity index (χ4n) is 1.81. The number of aliphatic hydroxyl groups is 1. The van der Waals surface area contributed by atoms with Gasteiger partial charge in [0.05, 0.1) is 17.7 Å². The van der Waals surface area contributed by atoms with E-state index in [0.717, 1.165) is 28.6 Å². The van der Waals surface area contributed by atoms with Crippen LogP contribution in [0.1, 0.15) is 39.2 Å². The summed E-state index contributed by atoms with van der Waals surface area (Å²) < 4.78 is 6.12. The SMILES string of the molecule is COc1ccc(CC(O)CCC(C)(C)C)cc1Br. The van der Waals surface area contributed by atoms with Gasteiger partial charge in [0.15, 0.2) is 0 Å². The molecule has 0 heterocycles. The third-order valence-corrected chi connectivity index (χ3v) is 3.53. The summed E-state index contributed by atoms with van der Waals surface area (Å²) in [7, 11) is 1.65. The number of methoxy groups -OCH3 is 1. The highest BCUT2D eigenvalue weighted by Gasteiger charge is 2.14. The summed E-state index contributed by atoms with van der Waals surface area (Å²) in [6.07, 6.45) is 2.29. The highest BCUT2D eigenvalue weighted by Crippen LogP contribution is 2.27. The molecular formula is C15H23BrO2. The molecule has 3 heteroatoms. The van der Waals surface area contributed by atoms with Crippen LogP contribution in [0.3, 0.4) is 0 Å². The van der Waals surface area contributed by atoms with Gasteiger partial charge in [-0.25, -0.2) is 0 Å². The van der Waals surface area contributed by atoms with Crippen LogP contribution < -0.4 is 4.74 Å². The monoisotopic (exact) mass is 314 g/mol. The molecule has 0 bridgehead atoms. The van der Waals surface area contributed by atoms with Crippen LogP contribution in [0.15, 0.2) is 22.7 Å². The summed E-state index contributed by atoms with van der Waals surface area (Å²) in [5, 5.41) is 10.0. The van der Waals surface area contributed by atoms with Gasteiger partial charge in [-0.15, -0.1) is 0 Å². The topological polar surface area (TPSA) is 29.5 Å². The minimum Gasteiger partial charge on any atom is -0.496 e. The first-order valence-electron chi connectivity index (χ1n) is 6.32. The van der Waals surface area contributed by atoms with Crippen LogP contribution in [0, 0.1) is 5.41 Å². The summed E-state index contributed by atoms with van der Waals surface area (Å²) in [5.41, 5.74) is 1.41. The summed E-state index contributed by atoms with van der Waals surface area (Å²) >= 11 is 3.46. The first kappa shape index (κ1) is 15.5. The normalized spacial score (nSPS) is 13.4. The quantitative estimate of drug-likeness (QED) is 0.883. The molecule has 18 heavy (non-hydrogen) atoms. The van der Waals surface area contributed by atoms with E-state index in [-0.39, 0.29) is 11.5 Å². The highest BCUT2D eigenvalue weighted by atomic mass is 79.9. The zero-order valence-electron chi connectivity index (χ0n) is 11.7. The summed E-state index contributed by atoms with van der Waals surface area (Å²) in [5.74, 6) is 0.822. The molecule has 0 saturated heterocycles. The van der Waals surface area contributed by atoms with E-state index in [1.165, 1.54) is 0 Å². The Labute approximate surface area is 118 Å². The minimum absolute atomic E-state index is 0.274. The zero-order valence-corrected chi connectivity index (χ0v) is 13.3. The maximum absolute atomic E-state index is 10.0. The number of halogens is 1. The number of aliphatic hydroxyl groups excluding tert-OH is 1. The van der Waals surface area contributed by atoms with E-state index >= 15 is 0 Å². The third-order valence-electron chi connectivity index (χ3n) is 2.92. The molecule has 0 aliphatic rings.